The number of Topliss-reactive ketones (excluding diaryl/α,β-unsaturated/α-hetero) is 1. The van der Waals surface area contributed by atoms with E-state index in [9.17, 15) is 24.8 Å². The lowest BCUT2D eigenvalue weighted by molar-refractivity contribution is -0.121. The number of piperidine rings is 4. The summed E-state index contributed by atoms with van der Waals surface area (Å²) in [7, 11) is 0. The van der Waals surface area contributed by atoms with Crippen LogP contribution in [0, 0.1) is 11.3 Å². The minimum Gasteiger partial charge on any atom is -0.450 e. The summed E-state index contributed by atoms with van der Waals surface area (Å²) in [4.78, 5) is 39.0. The van der Waals surface area contributed by atoms with E-state index in [1.165, 1.54) is 0 Å². The highest BCUT2D eigenvalue weighted by Gasteiger charge is 2.42. The lowest BCUT2D eigenvalue weighted by Crippen LogP contribution is -2.57. The van der Waals surface area contributed by atoms with Crippen LogP contribution in [0.4, 0.5) is 9.59 Å². The lowest BCUT2D eigenvalue weighted by atomic mass is 9.85. The maximum Gasteiger partial charge on any atom is 0.409 e. The SMILES string of the molecule is CCOC(=O)N1CCC(=O)CC1.CCOC(=O)N1CCC(C#N)(N2CCC(O)CC2)CC1.OC1CCNCC1. The zero-order chi connectivity index (χ0) is 28.7. The molecule has 0 bridgehead atoms. The average molecular weight is 554 g/mol. The number of amides is 2. The monoisotopic (exact) mass is 553 g/mol. The summed E-state index contributed by atoms with van der Waals surface area (Å²) < 4.78 is 9.79. The van der Waals surface area contributed by atoms with Crippen molar-refractivity contribution in [1.29, 1.82) is 5.26 Å². The van der Waals surface area contributed by atoms with Gasteiger partial charge < -0.3 is 34.8 Å². The van der Waals surface area contributed by atoms with Crippen LogP contribution in [0.3, 0.4) is 0 Å². The van der Waals surface area contributed by atoms with Crippen molar-refractivity contribution < 1.29 is 34.1 Å². The number of ketones is 1. The Morgan fingerprint density at radius 1 is 0.872 bits per heavy atom. The third kappa shape index (κ3) is 10.9. The van der Waals surface area contributed by atoms with E-state index in [2.05, 4.69) is 16.3 Å². The minimum atomic E-state index is -0.483. The molecule has 12 heteroatoms. The Morgan fingerprint density at radius 3 is 1.74 bits per heavy atom. The van der Waals surface area contributed by atoms with Crippen molar-refractivity contribution in [2.45, 2.75) is 83.0 Å². The first-order valence-corrected chi connectivity index (χ1v) is 14.3. The van der Waals surface area contributed by atoms with Gasteiger partial charge in [-0.3, -0.25) is 9.69 Å². The number of nitriles is 1. The summed E-state index contributed by atoms with van der Waals surface area (Å²) in [5, 5.41) is 31.2. The van der Waals surface area contributed by atoms with Gasteiger partial charge in [0.15, 0.2) is 0 Å². The Labute approximate surface area is 232 Å². The number of carbonyl (C=O) groups is 3. The molecule has 39 heavy (non-hydrogen) atoms. The van der Waals surface area contributed by atoms with Crippen LogP contribution < -0.4 is 5.32 Å². The first-order valence-electron chi connectivity index (χ1n) is 14.3. The number of nitrogens with one attached hydrogen (secondary N) is 1. The van der Waals surface area contributed by atoms with Crippen LogP contribution in [0.15, 0.2) is 0 Å². The van der Waals surface area contributed by atoms with Gasteiger partial charge in [0.05, 0.1) is 31.5 Å². The van der Waals surface area contributed by atoms with Gasteiger partial charge in [-0.05, 0) is 65.5 Å². The lowest BCUT2D eigenvalue weighted by Gasteiger charge is -2.46. The fourth-order valence-corrected chi connectivity index (χ4v) is 5.03. The normalized spacial score (nSPS) is 22.4. The molecule has 0 aromatic carbocycles. The van der Waals surface area contributed by atoms with E-state index in [-0.39, 0.29) is 30.2 Å². The van der Waals surface area contributed by atoms with Crippen LogP contribution in [-0.4, -0.2) is 126 Å². The first kappa shape index (κ1) is 32.8. The van der Waals surface area contributed by atoms with Gasteiger partial charge in [-0.1, -0.05) is 0 Å². The molecule has 4 heterocycles. The Morgan fingerprint density at radius 2 is 1.33 bits per heavy atom. The molecule has 4 saturated heterocycles. The molecule has 4 aliphatic rings. The third-order valence-corrected chi connectivity index (χ3v) is 7.55. The topological polar surface area (TPSA) is 156 Å². The van der Waals surface area contributed by atoms with E-state index in [0.717, 1.165) is 51.9 Å². The van der Waals surface area contributed by atoms with E-state index in [4.69, 9.17) is 14.6 Å². The molecule has 0 aromatic rings. The maximum atomic E-state index is 11.7. The average Bonchev–Trinajstić information content (AvgIpc) is 2.95. The van der Waals surface area contributed by atoms with Crippen LogP contribution >= 0.6 is 0 Å². The standard InChI is InChI=1S/C14H23N3O3.C8H13NO3.C5H11NO/c1-2-20-13(19)16-9-5-14(11-15,6-10-16)17-7-3-12(18)4-8-17;1-2-12-8(11)9-5-3-7(10)4-6-9;7-5-1-3-6-4-2-5/h12,18H,2-10H2,1H3;2-6H2,1H3;5-7H,1-4H2. The molecule has 222 valence electrons. The van der Waals surface area contributed by atoms with Crippen molar-refractivity contribution in [1.82, 2.24) is 20.0 Å². The van der Waals surface area contributed by atoms with Gasteiger partial charge in [-0.15, -0.1) is 0 Å². The molecule has 4 fully saturated rings. The summed E-state index contributed by atoms with van der Waals surface area (Å²) >= 11 is 0. The molecule has 4 aliphatic heterocycles. The van der Waals surface area contributed by atoms with Crippen molar-refractivity contribution in [3.8, 4) is 6.07 Å². The number of ether oxygens (including phenoxy) is 2. The zero-order valence-electron chi connectivity index (χ0n) is 23.6. The molecule has 0 atom stereocenters. The van der Waals surface area contributed by atoms with Gasteiger partial charge in [0.1, 0.15) is 11.3 Å². The van der Waals surface area contributed by atoms with Crippen molar-refractivity contribution in [3.05, 3.63) is 0 Å². The van der Waals surface area contributed by atoms with Crippen LogP contribution in [0.1, 0.15) is 65.2 Å². The molecule has 12 nitrogen and oxygen atoms in total. The second kappa shape index (κ2) is 17.3. The molecule has 0 saturated carbocycles. The van der Waals surface area contributed by atoms with E-state index < -0.39 is 5.54 Å². The number of carbonyl (C=O) groups excluding carboxylic acids is 3. The van der Waals surface area contributed by atoms with Crippen molar-refractivity contribution in [2.24, 2.45) is 0 Å². The van der Waals surface area contributed by atoms with E-state index in [1.807, 2.05) is 0 Å². The van der Waals surface area contributed by atoms with Crippen LogP contribution in [0.2, 0.25) is 0 Å². The highest BCUT2D eigenvalue weighted by Crippen LogP contribution is 2.31. The van der Waals surface area contributed by atoms with Gasteiger partial charge >= 0.3 is 12.2 Å². The van der Waals surface area contributed by atoms with Gasteiger partial charge in [0.2, 0.25) is 0 Å². The molecule has 0 aliphatic carbocycles. The smallest absolute Gasteiger partial charge is 0.409 e. The molecule has 0 unspecified atom stereocenters. The molecule has 0 radical (unpaired) electrons. The summed E-state index contributed by atoms with van der Waals surface area (Å²) in [6, 6.07) is 2.46. The summed E-state index contributed by atoms with van der Waals surface area (Å²) in [6.07, 6.45) is 4.71. The van der Waals surface area contributed by atoms with E-state index >= 15 is 0 Å². The Kier molecular flexibility index (Phi) is 14.5. The van der Waals surface area contributed by atoms with Gasteiger partial charge in [0.25, 0.3) is 0 Å². The molecule has 0 aromatic heterocycles. The van der Waals surface area contributed by atoms with E-state index in [0.29, 0.717) is 65.1 Å². The number of hydrogen-bond acceptors (Lipinski definition) is 10. The predicted molar refractivity (Wildman–Crippen MR) is 144 cm³/mol. The summed E-state index contributed by atoms with van der Waals surface area (Å²) in [6.45, 7) is 9.97. The quantitative estimate of drug-likeness (QED) is 0.468. The van der Waals surface area contributed by atoms with Gasteiger partial charge in [-0.2, -0.15) is 5.26 Å². The molecule has 0 spiro atoms. The summed E-state index contributed by atoms with van der Waals surface area (Å²) in [5.74, 6) is 0.232. The first-order chi connectivity index (χ1) is 18.7. The second-order valence-corrected chi connectivity index (χ2v) is 10.3. The Balaban J connectivity index is 0.000000236. The number of nitrogens with zero attached hydrogens (tertiary/aromatic N) is 4. The molecule has 4 rings (SSSR count). The molecule has 3 N–H and O–H groups in total. The predicted octanol–water partition coefficient (Wildman–Crippen LogP) is 1.50. The number of likely N-dealkylation sites (tertiary alicyclic amines) is 3. The van der Waals surface area contributed by atoms with Crippen LogP contribution in [0.5, 0.6) is 0 Å². The largest absolute Gasteiger partial charge is 0.450 e. The van der Waals surface area contributed by atoms with Crippen LogP contribution in [0.25, 0.3) is 0 Å². The molecular formula is C27H47N5O7. The number of aliphatic hydroxyl groups excluding tert-OH is 2. The highest BCUT2D eigenvalue weighted by molar-refractivity contribution is 5.81. The minimum absolute atomic E-state index is 0.0266. The maximum absolute atomic E-state index is 11.7. The Bertz CT molecular complexity index is 789. The molecular weight excluding hydrogens is 506 g/mol. The number of rotatable bonds is 3. The number of aliphatic hydroxyl groups is 2. The third-order valence-electron chi connectivity index (χ3n) is 7.55. The zero-order valence-corrected chi connectivity index (χ0v) is 23.6. The van der Waals surface area contributed by atoms with Gasteiger partial charge in [-0.25, -0.2) is 9.59 Å². The summed E-state index contributed by atoms with van der Waals surface area (Å²) in [5.41, 5.74) is -0.483. The van der Waals surface area contributed by atoms with Gasteiger partial charge in [0, 0.05) is 52.1 Å². The molecule has 2 amide bonds. The van der Waals surface area contributed by atoms with Crippen molar-refractivity contribution in [3.63, 3.8) is 0 Å². The number of hydrogen-bond donors (Lipinski definition) is 3. The fraction of sp³-hybridized carbons (Fsp3) is 0.852. The van der Waals surface area contributed by atoms with Crippen LogP contribution in [-0.2, 0) is 14.3 Å². The van der Waals surface area contributed by atoms with Crippen molar-refractivity contribution in [2.75, 3.05) is 65.6 Å². The fourth-order valence-electron chi connectivity index (χ4n) is 5.03. The second-order valence-electron chi connectivity index (χ2n) is 10.3. The van der Waals surface area contributed by atoms with Crippen molar-refractivity contribution >= 4 is 18.0 Å². The Hall–Kier alpha value is -2.46. The highest BCUT2D eigenvalue weighted by atomic mass is 16.6. The van der Waals surface area contributed by atoms with E-state index in [1.54, 1.807) is 23.6 Å².